The Morgan fingerprint density at radius 2 is 1.90 bits per heavy atom. The predicted molar refractivity (Wildman–Crippen MR) is 119 cm³/mol. The van der Waals surface area contributed by atoms with E-state index < -0.39 is 0 Å². The number of hydrogen-bond donors (Lipinski definition) is 2. The Bertz CT molecular complexity index is 847. The summed E-state index contributed by atoms with van der Waals surface area (Å²) in [6, 6.07) is 12.5. The lowest BCUT2D eigenvalue weighted by molar-refractivity contribution is 0.0748. The van der Waals surface area contributed by atoms with E-state index in [2.05, 4.69) is 15.6 Å². The highest BCUT2D eigenvalue weighted by atomic mass is 19.1. The van der Waals surface area contributed by atoms with Crippen LogP contribution in [0, 0.1) is 5.82 Å². The average molecular weight is 432 g/mol. The molecule has 1 heterocycles. The molecule has 0 amide bonds. The summed E-state index contributed by atoms with van der Waals surface area (Å²) >= 11 is 0. The zero-order valence-electron chi connectivity index (χ0n) is 17.9. The fourth-order valence-corrected chi connectivity index (χ4v) is 3.00. The second-order valence-electron chi connectivity index (χ2n) is 6.94. The van der Waals surface area contributed by atoms with E-state index in [4.69, 9.17) is 18.9 Å². The molecule has 31 heavy (non-hydrogen) atoms. The molecule has 0 saturated heterocycles. The van der Waals surface area contributed by atoms with Crippen molar-refractivity contribution in [2.24, 2.45) is 4.99 Å². The van der Waals surface area contributed by atoms with E-state index in [1.807, 2.05) is 24.3 Å². The number of ether oxygens (including phenoxy) is 4. The molecule has 0 radical (unpaired) electrons. The van der Waals surface area contributed by atoms with Crippen LogP contribution < -0.4 is 20.1 Å². The molecule has 0 aliphatic carbocycles. The van der Waals surface area contributed by atoms with Gasteiger partial charge in [0.2, 0.25) is 0 Å². The number of anilines is 1. The van der Waals surface area contributed by atoms with Gasteiger partial charge in [0.05, 0.1) is 39.6 Å². The number of nitrogens with one attached hydrogen (secondary N) is 2. The van der Waals surface area contributed by atoms with Crippen LogP contribution in [0.2, 0.25) is 0 Å². The fraction of sp³-hybridized carbons (Fsp3) is 0.435. The Labute approximate surface area is 182 Å². The van der Waals surface area contributed by atoms with Crippen molar-refractivity contribution in [3.8, 4) is 11.5 Å². The molecule has 2 N–H and O–H groups in total. The van der Waals surface area contributed by atoms with Crippen LogP contribution >= 0.6 is 0 Å². The van der Waals surface area contributed by atoms with Crippen LogP contribution in [-0.2, 0) is 15.9 Å². The molecule has 0 spiro atoms. The number of hydrogen-bond acceptors (Lipinski definition) is 5. The number of nitrogens with zero attached hydrogens (tertiary/aromatic N) is 1. The van der Waals surface area contributed by atoms with E-state index in [0.29, 0.717) is 69.8 Å². The van der Waals surface area contributed by atoms with Crippen molar-refractivity contribution < 1.29 is 23.3 Å². The quantitative estimate of drug-likeness (QED) is 0.342. The fourth-order valence-electron chi connectivity index (χ4n) is 3.00. The van der Waals surface area contributed by atoms with Gasteiger partial charge in [0.1, 0.15) is 5.82 Å². The predicted octanol–water partition coefficient (Wildman–Crippen LogP) is 3.25. The molecular formula is C23H30FN3O4. The monoisotopic (exact) mass is 431 g/mol. The van der Waals surface area contributed by atoms with Crippen molar-refractivity contribution in [2.75, 3.05) is 58.6 Å². The molecule has 0 aromatic heterocycles. The van der Waals surface area contributed by atoms with Gasteiger partial charge in [-0.05, 0) is 30.2 Å². The minimum atomic E-state index is -0.204. The van der Waals surface area contributed by atoms with Crippen molar-refractivity contribution >= 4 is 11.6 Å². The summed E-state index contributed by atoms with van der Waals surface area (Å²) in [5, 5.41) is 6.54. The summed E-state index contributed by atoms with van der Waals surface area (Å²) in [4.78, 5) is 4.56. The third-order valence-corrected chi connectivity index (χ3v) is 4.59. The first kappa shape index (κ1) is 22.8. The van der Waals surface area contributed by atoms with Gasteiger partial charge in [-0.2, -0.15) is 0 Å². The molecule has 0 unspecified atom stereocenters. The maximum atomic E-state index is 13.9. The summed E-state index contributed by atoms with van der Waals surface area (Å²) < 4.78 is 35.8. The van der Waals surface area contributed by atoms with Gasteiger partial charge in [0.25, 0.3) is 0 Å². The van der Waals surface area contributed by atoms with Crippen LogP contribution in [0.3, 0.4) is 0 Å². The number of halogens is 1. The maximum Gasteiger partial charge on any atom is 0.195 e. The van der Waals surface area contributed by atoms with Crippen molar-refractivity contribution in [3.63, 3.8) is 0 Å². The van der Waals surface area contributed by atoms with Gasteiger partial charge in [0, 0.05) is 31.8 Å². The van der Waals surface area contributed by atoms with Crippen molar-refractivity contribution in [2.45, 2.75) is 12.8 Å². The second-order valence-corrected chi connectivity index (χ2v) is 6.94. The van der Waals surface area contributed by atoms with Gasteiger partial charge in [-0.1, -0.05) is 18.2 Å². The lowest BCUT2D eigenvalue weighted by Crippen LogP contribution is -2.33. The largest absolute Gasteiger partial charge is 0.490 e. The Morgan fingerprint density at radius 1 is 1.06 bits per heavy atom. The van der Waals surface area contributed by atoms with Crippen LogP contribution in [-0.4, -0.2) is 59.2 Å². The van der Waals surface area contributed by atoms with Gasteiger partial charge in [0.15, 0.2) is 17.5 Å². The second kappa shape index (κ2) is 12.8. The van der Waals surface area contributed by atoms with Gasteiger partial charge in [-0.25, -0.2) is 4.39 Å². The van der Waals surface area contributed by atoms with Gasteiger partial charge in [-0.3, -0.25) is 4.99 Å². The molecule has 1 aliphatic heterocycles. The Balaban J connectivity index is 1.60. The summed E-state index contributed by atoms with van der Waals surface area (Å²) in [6.45, 7) is 3.82. The first-order valence-electron chi connectivity index (χ1n) is 10.5. The van der Waals surface area contributed by atoms with Crippen LogP contribution in [0.15, 0.2) is 47.5 Å². The van der Waals surface area contributed by atoms with Gasteiger partial charge < -0.3 is 29.6 Å². The summed E-state index contributed by atoms with van der Waals surface area (Å²) in [5.74, 6) is 1.82. The lowest BCUT2D eigenvalue weighted by atomic mass is 10.1. The molecule has 0 bridgehead atoms. The van der Waals surface area contributed by atoms with Crippen molar-refractivity contribution in [1.82, 2.24) is 5.32 Å². The normalized spacial score (nSPS) is 13.5. The van der Waals surface area contributed by atoms with E-state index >= 15 is 0 Å². The SMILES string of the molecule is COCCOCCN=C(NCCc1ccccc1F)Nc1ccc2c(c1)OCCCO2. The zero-order valence-corrected chi connectivity index (χ0v) is 17.9. The van der Waals surface area contributed by atoms with E-state index in [1.54, 1.807) is 19.2 Å². The molecule has 2 aromatic carbocycles. The third-order valence-electron chi connectivity index (χ3n) is 4.59. The van der Waals surface area contributed by atoms with E-state index in [0.717, 1.165) is 17.9 Å². The third kappa shape index (κ3) is 7.73. The molecule has 1 aliphatic rings. The zero-order chi connectivity index (χ0) is 21.7. The average Bonchev–Trinajstić information content (AvgIpc) is 3.02. The Morgan fingerprint density at radius 3 is 2.74 bits per heavy atom. The smallest absolute Gasteiger partial charge is 0.195 e. The van der Waals surface area contributed by atoms with Crippen molar-refractivity contribution in [3.05, 3.63) is 53.8 Å². The maximum absolute atomic E-state index is 13.9. The van der Waals surface area contributed by atoms with Crippen LogP contribution in [0.25, 0.3) is 0 Å². The molecule has 0 atom stereocenters. The Kier molecular flexibility index (Phi) is 9.40. The summed E-state index contributed by atoms with van der Waals surface area (Å²) in [7, 11) is 1.64. The lowest BCUT2D eigenvalue weighted by Gasteiger charge is -2.15. The number of fused-ring (bicyclic) bond motifs is 1. The molecule has 168 valence electrons. The van der Waals surface area contributed by atoms with E-state index in [1.165, 1.54) is 6.07 Å². The van der Waals surface area contributed by atoms with Crippen LogP contribution in [0.4, 0.5) is 10.1 Å². The minimum absolute atomic E-state index is 0.204. The van der Waals surface area contributed by atoms with Crippen molar-refractivity contribution in [1.29, 1.82) is 0 Å². The minimum Gasteiger partial charge on any atom is -0.490 e. The molecule has 2 aromatic rings. The summed E-state index contributed by atoms with van der Waals surface area (Å²) in [6.07, 6.45) is 1.39. The highest BCUT2D eigenvalue weighted by Gasteiger charge is 2.11. The number of guanidine groups is 1. The molecular weight excluding hydrogens is 401 g/mol. The molecule has 0 fully saturated rings. The molecule has 8 heteroatoms. The topological polar surface area (TPSA) is 73.3 Å². The van der Waals surface area contributed by atoms with Crippen LogP contribution in [0.1, 0.15) is 12.0 Å². The summed E-state index contributed by atoms with van der Waals surface area (Å²) in [5.41, 5.74) is 1.48. The number of benzene rings is 2. The Hall–Kier alpha value is -2.84. The van der Waals surface area contributed by atoms with Gasteiger partial charge in [-0.15, -0.1) is 0 Å². The number of aliphatic imine (C=N–C) groups is 1. The number of methoxy groups -OCH3 is 1. The highest BCUT2D eigenvalue weighted by molar-refractivity contribution is 5.94. The highest BCUT2D eigenvalue weighted by Crippen LogP contribution is 2.32. The van der Waals surface area contributed by atoms with E-state index in [9.17, 15) is 4.39 Å². The molecule has 0 saturated carbocycles. The molecule has 3 rings (SSSR count). The first-order valence-corrected chi connectivity index (χ1v) is 10.5. The number of rotatable bonds is 10. The molecule has 7 nitrogen and oxygen atoms in total. The first-order chi connectivity index (χ1) is 15.3. The van der Waals surface area contributed by atoms with Crippen LogP contribution in [0.5, 0.6) is 11.5 Å². The van der Waals surface area contributed by atoms with E-state index in [-0.39, 0.29) is 5.82 Å². The standard InChI is InChI=1S/C23H30FN3O4/c1-28-15-16-29-14-11-26-23(25-10-9-18-5-2-3-6-20(18)24)27-19-7-8-21-22(17-19)31-13-4-12-30-21/h2-3,5-8,17H,4,9-16H2,1H3,(H2,25,26,27). The van der Waals surface area contributed by atoms with Gasteiger partial charge >= 0.3 is 0 Å².